The maximum absolute atomic E-state index is 12.0. The van der Waals surface area contributed by atoms with Crippen molar-refractivity contribution in [2.45, 2.75) is 13.8 Å². The fourth-order valence-electron chi connectivity index (χ4n) is 1.65. The van der Waals surface area contributed by atoms with Crippen molar-refractivity contribution in [3.8, 4) is 0 Å². The van der Waals surface area contributed by atoms with Crippen molar-refractivity contribution in [2.24, 2.45) is 0 Å². The van der Waals surface area contributed by atoms with Crippen molar-refractivity contribution in [1.82, 2.24) is 4.98 Å². The molecule has 92 valence electrons. The molecule has 0 saturated carbocycles. The fraction of sp³-hybridized carbons (Fsp3) is 0.143. The summed E-state index contributed by atoms with van der Waals surface area (Å²) in [7, 11) is 0. The smallest absolute Gasteiger partial charge is 0.255 e. The number of nitrogens with two attached hydrogens (primary N) is 1. The number of nitrogens with zero attached hydrogens (tertiary/aromatic N) is 1. The molecule has 4 nitrogen and oxygen atoms in total. The number of rotatable bonds is 2. The number of hydrogen-bond acceptors (Lipinski definition) is 3. The standard InChI is InChI=1S/C14H15N3O/c1-9-3-4-10(2)12(7-9)17-14(18)11-5-6-16-13(15)8-11/h3-8H,1-2H3,(H2,15,16)(H,17,18). The van der Waals surface area contributed by atoms with Crippen molar-refractivity contribution in [2.75, 3.05) is 11.1 Å². The SMILES string of the molecule is Cc1ccc(C)c(NC(=O)c2ccnc(N)c2)c1. The molecular formula is C14H15N3O. The Labute approximate surface area is 106 Å². The number of benzene rings is 1. The normalized spacial score (nSPS) is 10.1. The van der Waals surface area contributed by atoms with Gasteiger partial charge in [0, 0.05) is 17.4 Å². The summed E-state index contributed by atoms with van der Waals surface area (Å²) < 4.78 is 0. The average Bonchev–Trinajstić information content (AvgIpc) is 2.34. The van der Waals surface area contributed by atoms with Gasteiger partial charge < -0.3 is 11.1 Å². The summed E-state index contributed by atoms with van der Waals surface area (Å²) in [5, 5.41) is 2.87. The van der Waals surface area contributed by atoms with Crippen molar-refractivity contribution in [3.05, 3.63) is 53.2 Å². The highest BCUT2D eigenvalue weighted by atomic mass is 16.1. The van der Waals surface area contributed by atoms with Gasteiger partial charge in [0.15, 0.2) is 0 Å². The van der Waals surface area contributed by atoms with E-state index in [4.69, 9.17) is 5.73 Å². The Morgan fingerprint density at radius 3 is 2.72 bits per heavy atom. The molecule has 0 radical (unpaired) electrons. The maximum atomic E-state index is 12.0. The van der Waals surface area contributed by atoms with E-state index in [1.165, 1.54) is 6.20 Å². The van der Waals surface area contributed by atoms with Crippen molar-refractivity contribution < 1.29 is 4.79 Å². The minimum Gasteiger partial charge on any atom is -0.384 e. The Morgan fingerprint density at radius 2 is 2.00 bits per heavy atom. The Kier molecular flexibility index (Phi) is 3.28. The zero-order valence-corrected chi connectivity index (χ0v) is 10.4. The monoisotopic (exact) mass is 241 g/mol. The van der Waals surface area contributed by atoms with Gasteiger partial charge in [-0.15, -0.1) is 0 Å². The number of aryl methyl sites for hydroxylation is 2. The van der Waals surface area contributed by atoms with E-state index in [1.807, 2.05) is 32.0 Å². The summed E-state index contributed by atoms with van der Waals surface area (Å²) in [6.45, 7) is 3.94. The van der Waals surface area contributed by atoms with E-state index in [0.717, 1.165) is 16.8 Å². The Balaban J connectivity index is 2.24. The van der Waals surface area contributed by atoms with Crippen LogP contribution in [0.2, 0.25) is 0 Å². The maximum Gasteiger partial charge on any atom is 0.255 e. The number of carbonyl (C=O) groups is 1. The second kappa shape index (κ2) is 4.87. The highest BCUT2D eigenvalue weighted by Crippen LogP contribution is 2.17. The molecule has 0 saturated heterocycles. The van der Waals surface area contributed by atoms with Crippen LogP contribution in [0.1, 0.15) is 21.5 Å². The molecule has 0 aliphatic rings. The number of hydrogen-bond donors (Lipinski definition) is 2. The molecule has 0 aliphatic heterocycles. The lowest BCUT2D eigenvalue weighted by atomic mass is 10.1. The summed E-state index contributed by atoms with van der Waals surface area (Å²) in [6.07, 6.45) is 1.52. The minimum absolute atomic E-state index is 0.183. The number of anilines is 2. The number of nitrogen functional groups attached to an aromatic ring is 1. The molecule has 0 spiro atoms. The van der Waals surface area contributed by atoms with Gasteiger partial charge in [0.1, 0.15) is 5.82 Å². The first kappa shape index (κ1) is 12.1. The zero-order valence-electron chi connectivity index (χ0n) is 10.4. The minimum atomic E-state index is -0.183. The van der Waals surface area contributed by atoms with Gasteiger partial charge in [-0.3, -0.25) is 4.79 Å². The van der Waals surface area contributed by atoms with Crippen LogP contribution in [0.15, 0.2) is 36.5 Å². The third-order valence-corrected chi connectivity index (χ3v) is 2.68. The van der Waals surface area contributed by atoms with E-state index in [1.54, 1.807) is 12.1 Å². The van der Waals surface area contributed by atoms with E-state index in [0.29, 0.717) is 11.4 Å². The summed E-state index contributed by atoms with van der Waals surface area (Å²) in [5.74, 6) is 0.154. The van der Waals surface area contributed by atoms with Crippen LogP contribution in [0.3, 0.4) is 0 Å². The van der Waals surface area contributed by atoms with Gasteiger partial charge in [0.25, 0.3) is 5.91 Å². The summed E-state index contributed by atoms with van der Waals surface area (Å²) >= 11 is 0. The lowest BCUT2D eigenvalue weighted by Gasteiger charge is -2.09. The molecule has 3 N–H and O–H groups in total. The lowest BCUT2D eigenvalue weighted by Crippen LogP contribution is -2.13. The Hall–Kier alpha value is -2.36. The molecule has 0 unspecified atom stereocenters. The van der Waals surface area contributed by atoms with Crippen LogP contribution in [0.25, 0.3) is 0 Å². The Bertz CT molecular complexity index is 593. The van der Waals surface area contributed by atoms with E-state index in [2.05, 4.69) is 10.3 Å². The van der Waals surface area contributed by atoms with Crippen LogP contribution in [0.4, 0.5) is 11.5 Å². The van der Waals surface area contributed by atoms with Crippen LogP contribution < -0.4 is 11.1 Å². The quantitative estimate of drug-likeness (QED) is 0.849. The molecule has 0 atom stereocenters. The number of pyridine rings is 1. The molecule has 0 fully saturated rings. The van der Waals surface area contributed by atoms with E-state index >= 15 is 0 Å². The summed E-state index contributed by atoms with van der Waals surface area (Å²) in [6, 6.07) is 9.12. The predicted molar refractivity (Wildman–Crippen MR) is 72.5 cm³/mol. The second-order valence-corrected chi connectivity index (χ2v) is 4.24. The van der Waals surface area contributed by atoms with Crippen LogP contribution in [-0.2, 0) is 0 Å². The topological polar surface area (TPSA) is 68.0 Å². The van der Waals surface area contributed by atoms with E-state index < -0.39 is 0 Å². The van der Waals surface area contributed by atoms with Gasteiger partial charge in [-0.25, -0.2) is 4.98 Å². The molecule has 0 aliphatic carbocycles. The molecular weight excluding hydrogens is 226 g/mol. The molecule has 18 heavy (non-hydrogen) atoms. The largest absolute Gasteiger partial charge is 0.384 e. The third-order valence-electron chi connectivity index (χ3n) is 2.68. The van der Waals surface area contributed by atoms with Crippen LogP contribution in [0, 0.1) is 13.8 Å². The molecule has 1 aromatic heterocycles. The fourth-order valence-corrected chi connectivity index (χ4v) is 1.65. The number of carbonyl (C=O) groups excluding carboxylic acids is 1. The van der Waals surface area contributed by atoms with Crippen molar-refractivity contribution in [3.63, 3.8) is 0 Å². The predicted octanol–water partition coefficient (Wildman–Crippen LogP) is 2.53. The van der Waals surface area contributed by atoms with Gasteiger partial charge in [-0.2, -0.15) is 0 Å². The molecule has 0 bridgehead atoms. The number of aromatic nitrogens is 1. The number of nitrogens with one attached hydrogen (secondary N) is 1. The van der Waals surface area contributed by atoms with E-state index in [9.17, 15) is 4.79 Å². The summed E-state index contributed by atoms with van der Waals surface area (Å²) in [4.78, 5) is 15.9. The first-order chi connectivity index (χ1) is 8.56. The van der Waals surface area contributed by atoms with Crippen LogP contribution >= 0.6 is 0 Å². The molecule has 1 amide bonds. The highest BCUT2D eigenvalue weighted by molar-refractivity contribution is 6.05. The van der Waals surface area contributed by atoms with Gasteiger partial charge in [0.05, 0.1) is 0 Å². The molecule has 4 heteroatoms. The summed E-state index contributed by atoms with van der Waals surface area (Å²) in [5.41, 5.74) is 9.00. The molecule has 2 rings (SSSR count). The second-order valence-electron chi connectivity index (χ2n) is 4.24. The molecule has 1 aromatic carbocycles. The molecule has 2 aromatic rings. The average molecular weight is 241 g/mol. The van der Waals surface area contributed by atoms with Crippen molar-refractivity contribution in [1.29, 1.82) is 0 Å². The van der Waals surface area contributed by atoms with Gasteiger partial charge in [0.2, 0.25) is 0 Å². The highest BCUT2D eigenvalue weighted by Gasteiger charge is 2.08. The number of amides is 1. The lowest BCUT2D eigenvalue weighted by molar-refractivity contribution is 0.102. The van der Waals surface area contributed by atoms with Gasteiger partial charge in [-0.05, 0) is 43.2 Å². The van der Waals surface area contributed by atoms with Crippen LogP contribution in [-0.4, -0.2) is 10.9 Å². The first-order valence-corrected chi connectivity index (χ1v) is 5.66. The van der Waals surface area contributed by atoms with Crippen molar-refractivity contribution >= 4 is 17.4 Å². The van der Waals surface area contributed by atoms with Crippen LogP contribution in [0.5, 0.6) is 0 Å². The first-order valence-electron chi connectivity index (χ1n) is 5.66. The third kappa shape index (κ3) is 2.66. The van der Waals surface area contributed by atoms with Gasteiger partial charge >= 0.3 is 0 Å². The zero-order chi connectivity index (χ0) is 13.1. The van der Waals surface area contributed by atoms with E-state index in [-0.39, 0.29) is 5.91 Å². The van der Waals surface area contributed by atoms with Gasteiger partial charge in [-0.1, -0.05) is 12.1 Å². The molecule has 1 heterocycles. The Morgan fingerprint density at radius 1 is 1.22 bits per heavy atom.